The summed E-state index contributed by atoms with van der Waals surface area (Å²) in [5.41, 5.74) is 1.29. The van der Waals surface area contributed by atoms with Crippen LogP contribution in [0.15, 0.2) is 106 Å². The zero-order valence-corrected chi connectivity index (χ0v) is 20.4. The van der Waals surface area contributed by atoms with Crippen LogP contribution in [0.25, 0.3) is 0 Å². The van der Waals surface area contributed by atoms with E-state index in [1.54, 1.807) is 55.1 Å². The lowest BCUT2D eigenvalue weighted by atomic mass is 9.90. The SMILES string of the molecule is C=C/C(=C\C=C(/C)C(=O)/C(=N/OC(=O)c1ccccc1)C1CCCCCC1)Sc1ccccc1. The molecule has 0 heterocycles. The van der Waals surface area contributed by atoms with Gasteiger partial charge in [-0.3, -0.25) is 4.79 Å². The fraction of sp³-hybridized carbons (Fsp3) is 0.276. The fourth-order valence-corrected chi connectivity index (χ4v) is 4.61. The van der Waals surface area contributed by atoms with Gasteiger partial charge in [-0.1, -0.05) is 97.7 Å². The van der Waals surface area contributed by atoms with Crippen molar-refractivity contribution >= 4 is 29.2 Å². The average Bonchev–Trinajstić information content (AvgIpc) is 3.17. The van der Waals surface area contributed by atoms with E-state index < -0.39 is 5.97 Å². The molecule has 2 aromatic carbocycles. The van der Waals surface area contributed by atoms with Crippen LogP contribution < -0.4 is 0 Å². The van der Waals surface area contributed by atoms with Crippen LogP contribution in [0.2, 0.25) is 0 Å². The molecular weight excluding hydrogens is 442 g/mol. The molecule has 0 N–H and O–H groups in total. The lowest BCUT2D eigenvalue weighted by molar-refractivity contribution is -0.110. The molecule has 176 valence electrons. The Kier molecular flexibility index (Phi) is 10.1. The third-order valence-corrected chi connectivity index (χ3v) is 6.79. The summed E-state index contributed by atoms with van der Waals surface area (Å²) in [6, 6.07) is 18.7. The first kappa shape index (κ1) is 25.4. The van der Waals surface area contributed by atoms with Gasteiger partial charge < -0.3 is 4.84 Å². The Morgan fingerprint density at radius 1 is 0.941 bits per heavy atom. The van der Waals surface area contributed by atoms with E-state index >= 15 is 0 Å². The molecule has 0 radical (unpaired) electrons. The number of hydrogen-bond donors (Lipinski definition) is 0. The van der Waals surface area contributed by atoms with Gasteiger partial charge in [-0.05, 0) is 55.7 Å². The number of Topliss-reactive ketones (excluding diaryl/α,β-unsaturated/α-hetero) is 1. The topological polar surface area (TPSA) is 55.7 Å². The van der Waals surface area contributed by atoms with Crippen LogP contribution in [-0.4, -0.2) is 17.5 Å². The monoisotopic (exact) mass is 473 g/mol. The number of thioether (sulfide) groups is 1. The van der Waals surface area contributed by atoms with Gasteiger partial charge in [0, 0.05) is 15.7 Å². The van der Waals surface area contributed by atoms with Gasteiger partial charge in [0.25, 0.3) is 0 Å². The van der Waals surface area contributed by atoms with Gasteiger partial charge in [0.05, 0.1) is 5.56 Å². The molecule has 0 atom stereocenters. The van der Waals surface area contributed by atoms with E-state index in [0.717, 1.165) is 48.3 Å². The molecule has 1 fully saturated rings. The van der Waals surface area contributed by atoms with E-state index in [-0.39, 0.29) is 11.7 Å². The van der Waals surface area contributed by atoms with E-state index in [1.165, 1.54) is 0 Å². The molecule has 1 aliphatic rings. The third kappa shape index (κ3) is 7.70. The van der Waals surface area contributed by atoms with E-state index in [2.05, 4.69) is 11.7 Å². The Balaban J connectivity index is 1.81. The highest BCUT2D eigenvalue weighted by atomic mass is 32.2. The van der Waals surface area contributed by atoms with Crippen molar-refractivity contribution in [3.8, 4) is 0 Å². The maximum absolute atomic E-state index is 13.4. The summed E-state index contributed by atoms with van der Waals surface area (Å²) in [5.74, 6) is -0.755. The molecule has 0 amide bonds. The standard InChI is InChI=1S/C29H31NO3S/c1-3-25(34-26-18-12-7-13-19-26)21-20-22(2)28(31)27(23-14-8-4-5-9-15-23)30-33-29(32)24-16-10-6-11-17-24/h3,6-7,10-13,16-21,23H,1,4-5,8-9,14-15H2,2H3/b22-20+,25-21+,30-27+. The first-order valence-electron chi connectivity index (χ1n) is 11.7. The van der Waals surface area contributed by atoms with Gasteiger partial charge in [-0.25, -0.2) is 4.79 Å². The van der Waals surface area contributed by atoms with Crippen LogP contribution >= 0.6 is 11.8 Å². The Labute approximate surface area is 206 Å². The highest BCUT2D eigenvalue weighted by Crippen LogP contribution is 2.28. The lowest BCUT2D eigenvalue weighted by Gasteiger charge is -2.15. The molecular formula is C29H31NO3S. The summed E-state index contributed by atoms with van der Waals surface area (Å²) >= 11 is 1.58. The quantitative estimate of drug-likeness (QED) is 0.0718. The molecule has 1 saturated carbocycles. The predicted molar refractivity (Wildman–Crippen MR) is 140 cm³/mol. The molecule has 1 aliphatic carbocycles. The number of oxime groups is 1. The van der Waals surface area contributed by atoms with E-state index in [1.807, 2.05) is 42.5 Å². The highest BCUT2D eigenvalue weighted by Gasteiger charge is 2.26. The van der Waals surface area contributed by atoms with Crippen molar-refractivity contribution in [3.05, 3.63) is 102 Å². The van der Waals surface area contributed by atoms with Crippen molar-refractivity contribution in [3.63, 3.8) is 0 Å². The van der Waals surface area contributed by atoms with Crippen molar-refractivity contribution in [2.45, 2.75) is 50.3 Å². The molecule has 5 heteroatoms. The van der Waals surface area contributed by atoms with Crippen LogP contribution in [-0.2, 0) is 9.63 Å². The minimum Gasteiger partial charge on any atom is -0.312 e. The molecule has 0 aromatic heterocycles. The molecule has 34 heavy (non-hydrogen) atoms. The summed E-state index contributed by atoms with van der Waals surface area (Å²) in [7, 11) is 0. The number of allylic oxidation sites excluding steroid dienone is 4. The van der Waals surface area contributed by atoms with E-state index in [4.69, 9.17) is 4.84 Å². The highest BCUT2D eigenvalue weighted by molar-refractivity contribution is 8.03. The largest absolute Gasteiger partial charge is 0.365 e. The first-order valence-corrected chi connectivity index (χ1v) is 12.5. The predicted octanol–water partition coefficient (Wildman–Crippen LogP) is 7.55. The second-order valence-electron chi connectivity index (χ2n) is 8.28. The second-order valence-corrected chi connectivity index (χ2v) is 9.42. The molecule has 4 nitrogen and oxygen atoms in total. The Bertz CT molecular complexity index is 1060. The van der Waals surface area contributed by atoms with Crippen LogP contribution in [0.1, 0.15) is 55.8 Å². The Morgan fingerprint density at radius 3 is 2.18 bits per heavy atom. The zero-order valence-electron chi connectivity index (χ0n) is 19.6. The molecule has 0 aliphatic heterocycles. The molecule has 0 bridgehead atoms. The van der Waals surface area contributed by atoms with Gasteiger partial charge in [0.15, 0.2) is 0 Å². The van der Waals surface area contributed by atoms with Crippen molar-refractivity contribution < 1.29 is 14.4 Å². The summed E-state index contributed by atoms with van der Waals surface area (Å²) in [6.07, 6.45) is 11.6. The van der Waals surface area contributed by atoms with Gasteiger partial charge in [0.1, 0.15) is 5.71 Å². The summed E-state index contributed by atoms with van der Waals surface area (Å²) in [4.78, 5) is 33.1. The minimum atomic E-state index is -0.561. The summed E-state index contributed by atoms with van der Waals surface area (Å²) in [6.45, 7) is 5.67. The van der Waals surface area contributed by atoms with E-state index in [0.29, 0.717) is 16.8 Å². The Hall–Kier alpha value is -3.18. The van der Waals surface area contributed by atoms with Crippen LogP contribution in [0, 0.1) is 5.92 Å². The second kappa shape index (κ2) is 13.5. The fourth-order valence-electron chi connectivity index (χ4n) is 3.82. The smallest absolute Gasteiger partial charge is 0.312 e. The van der Waals surface area contributed by atoms with Gasteiger partial charge in [-0.15, -0.1) is 0 Å². The average molecular weight is 474 g/mol. The first-order chi connectivity index (χ1) is 16.6. The lowest BCUT2D eigenvalue weighted by Crippen LogP contribution is -2.25. The Morgan fingerprint density at radius 2 is 1.56 bits per heavy atom. The van der Waals surface area contributed by atoms with Crippen LogP contribution in [0.4, 0.5) is 0 Å². The maximum Gasteiger partial charge on any atom is 0.365 e. The number of ketones is 1. The normalized spacial score (nSPS) is 16.0. The van der Waals surface area contributed by atoms with Crippen LogP contribution in [0.5, 0.6) is 0 Å². The minimum absolute atomic E-state index is 0.0107. The molecule has 3 rings (SSSR count). The van der Waals surface area contributed by atoms with Gasteiger partial charge in [-0.2, -0.15) is 0 Å². The van der Waals surface area contributed by atoms with Crippen molar-refractivity contribution in [2.75, 3.05) is 0 Å². The maximum atomic E-state index is 13.4. The van der Waals surface area contributed by atoms with Crippen molar-refractivity contribution in [1.29, 1.82) is 0 Å². The molecule has 0 unspecified atom stereocenters. The number of carbonyl (C=O) groups is 2. The number of rotatable bonds is 9. The van der Waals surface area contributed by atoms with Gasteiger partial charge >= 0.3 is 5.97 Å². The van der Waals surface area contributed by atoms with Gasteiger partial charge in [0.2, 0.25) is 5.78 Å². The number of benzene rings is 2. The van der Waals surface area contributed by atoms with Crippen molar-refractivity contribution in [1.82, 2.24) is 0 Å². The number of hydrogen-bond acceptors (Lipinski definition) is 5. The van der Waals surface area contributed by atoms with Crippen LogP contribution in [0.3, 0.4) is 0 Å². The molecule has 0 saturated heterocycles. The summed E-state index contributed by atoms with van der Waals surface area (Å²) in [5, 5.41) is 4.13. The zero-order chi connectivity index (χ0) is 24.2. The summed E-state index contributed by atoms with van der Waals surface area (Å²) < 4.78 is 0. The third-order valence-electron chi connectivity index (χ3n) is 5.75. The number of nitrogens with zero attached hydrogens (tertiary/aromatic N) is 1. The molecule has 0 spiro atoms. The molecule has 2 aromatic rings. The van der Waals surface area contributed by atoms with E-state index in [9.17, 15) is 9.59 Å². The number of carbonyl (C=O) groups excluding carboxylic acids is 2. The van der Waals surface area contributed by atoms with Crippen molar-refractivity contribution in [2.24, 2.45) is 11.1 Å².